The van der Waals surface area contributed by atoms with Crippen LogP contribution in [-0.2, 0) is 0 Å². The van der Waals surface area contributed by atoms with Crippen LogP contribution in [0.15, 0.2) is 22.8 Å². The van der Waals surface area contributed by atoms with E-state index in [9.17, 15) is 4.79 Å². The summed E-state index contributed by atoms with van der Waals surface area (Å²) in [5.74, 6) is 0.954. The number of rotatable bonds is 2. The maximum absolute atomic E-state index is 11.6. The lowest BCUT2D eigenvalue weighted by Gasteiger charge is -2.03. The highest BCUT2D eigenvalue weighted by molar-refractivity contribution is 5.95. The van der Waals surface area contributed by atoms with Gasteiger partial charge < -0.3 is 4.42 Å². The van der Waals surface area contributed by atoms with Gasteiger partial charge in [-0.3, -0.25) is 4.79 Å². The summed E-state index contributed by atoms with van der Waals surface area (Å²) >= 11 is 0. The van der Waals surface area contributed by atoms with Crippen molar-refractivity contribution in [1.82, 2.24) is 0 Å². The number of carbonyl (C=O) groups is 1. The van der Waals surface area contributed by atoms with Crippen molar-refractivity contribution < 1.29 is 9.21 Å². The zero-order chi connectivity index (χ0) is 8.39. The van der Waals surface area contributed by atoms with Crippen LogP contribution in [0.1, 0.15) is 36.2 Å². The zero-order valence-electron chi connectivity index (χ0n) is 6.95. The Balaban J connectivity index is 2.09. The minimum Gasteiger partial charge on any atom is -0.461 e. The van der Waals surface area contributed by atoms with Gasteiger partial charge in [0.2, 0.25) is 5.78 Å². The number of Topliss-reactive ketones (excluding diaryl/α,β-unsaturated/α-hetero) is 1. The van der Waals surface area contributed by atoms with E-state index in [4.69, 9.17) is 4.42 Å². The fraction of sp³-hybridized carbons (Fsp3) is 0.500. The average molecular weight is 164 g/mol. The van der Waals surface area contributed by atoms with Gasteiger partial charge in [-0.2, -0.15) is 0 Å². The minimum absolute atomic E-state index is 0.192. The van der Waals surface area contributed by atoms with Gasteiger partial charge in [0.1, 0.15) is 0 Å². The molecular weight excluding hydrogens is 152 g/mol. The highest BCUT2D eigenvalue weighted by atomic mass is 16.3. The van der Waals surface area contributed by atoms with Gasteiger partial charge in [-0.1, -0.05) is 12.8 Å². The molecule has 0 N–H and O–H groups in total. The third kappa shape index (κ3) is 1.29. The van der Waals surface area contributed by atoms with Crippen molar-refractivity contribution in [3.63, 3.8) is 0 Å². The second-order valence-corrected chi connectivity index (χ2v) is 3.32. The third-order valence-electron chi connectivity index (χ3n) is 2.49. The van der Waals surface area contributed by atoms with E-state index in [-0.39, 0.29) is 11.7 Å². The fourth-order valence-corrected chi connectivity index (χ4v) is 1.81. The van der Waals surface area contributed by atoms with E-state index in [1.165, 1.54) is 12.8 Å². The van der Waals surface area contributed by atoms with E-state index in [1.807, 2.05) is 0 Å². The molecule has 64 valence electrons. The summed E-state index contributed by atoms with van der Waals surface area (Å²) < 4.78 is 5.06. The molecule has 1 fully saturated rings. The highest BCUT2D eigenvalue weighted by Gasteiger charge is 2.25. The van der Waals surface area contributed by atoms with Gasteiger partial charge in [0.25, 0.3) is 0 Å². The average Bonchev–Trinajstić information content (AvgIpc) is 2.77. The van der Waals surface area contributed by atoms with Crippen molar-refractivity contribution in [2.45, 2.75) is 25.7 Å². The molecule has 0 bridgehead atoms. The predicted molar refractivity (Wildman–Crippen MR) is 45.0 cm³/mol. The number of hydrogen-bond acceptors (Lipinski definition) is 2. The molecule has 0 atom stereocenters. The molecule has 1 heterocycles. The summed E-state index contributed by atoms with van der Waals surface area (Å²) in [5.41, 5.74) is 0. The molecule has 2 nitrogen and oxygen atoms in total. The Morgan fingerprint density at radius 3 is 2.75 bits per heavy atom. The van der Waals surface area contributed by atoms with Crippen LogP contribution in [0.3, 0.4) is 0 Å². The first-order valence-corrected chi connectivity index (χ1v) is 4.45. The first-order valence-electron chi connectivity index (χ1n) is 4.45. The number of hydrogen-bond donors (Lipinski definition) is 0. The van der Waals surface area contributed by atoms with Gasteiger partial charge in [-0.05, 0) is 25.0 Å². The predicted octanol–water partition coefficient (Wildman–Crippen LogP) is 2.65. The van der Waals surface area contributed by atoms with E-state index in [1.54, 1.807) is 18.4 Å². The van der Waals surface area contributed by atoms with Crippen molar-refractivity contribution in [1.29, 1.82) is 0 Å². The Kier molecular flexibility index (Phi) is 1.98. The standard InChI is InChI=1S/C10H12O2/c11-10(8-4-1-2-5-8)9-6-3-7-12-9/h3,6-8H,1-2,4-5H2. The second-order valence-electron chi connectivity index (χ2n) is 3.32. The van der Waals surface area contributed by atoms with Crippen LogP contribution in [0.4, 0.5) is 0 Å². The zero-order valence-corrected chi connectivity index (χ0v) is 6.95. The molecule has 12 heavy (non-hydrogen) atoms. The summed E-state index contributed by atoms with van der Waals surface area (Å²) in [6.45, 7) is 0. The first-order chi connectivity index (χ1) is 5.88. The van der Waals surface area contributed by atoms with Crippen LogP contribution in [0.25, 0.3) is 0 Å². The molecule has 1 aromatic rings. The molecule has 2 rings (SSSR count). The molecule has 1 aromatic heterocycles. The first kappa shape index (κ1) is 7.59. The van der Waals surface area contributed by atoms with E-state index in [0.29, 0.717) is 5.76 Å². The maximum Gasteiger partial charge on any atom is 0.201 e. The normalized spacial score (nSPS) is 18.3. The van der Waals surface area contributed by atoms with Gasteiger partial charge in [0.15, 0.2) is 5.76 Å². The van der Waals surface area contributed by atoms with Crippen LogP contribution >= 0.6 is 0 Å². The summed E-state index contributed by atoms with van der Waals surface area (Å²) in [6, 6.07) is 3.52. The molecule has 0 radical (unpaired) electrons. The molecule has 1 saturated carbocycles. The largest absolute Gasteiger partial charge is 0.461 e. The molecule has 0 aromatic carbocycles. The molecule has 0 spiro atoms. The third-order valence-corrected chi connectivity index (χ3v) is 2.49. The Morgan fingerprint density at radius 1 is 1.42 bits per heavy atom. The van der Waals surface area contributed by atoms with Crippen LogP contribution < -0.4 is 0 Å². The highest BCUT2D eigenvalue weighted by Crippen LogP contribution is 2.27. The Labute approximate surface area is 71.6 Å². The molecule has 2 heteroatoms. The lowest BCUT2D eigenvalue weighted by atomic mass is 10.0. The van der Waals surface area contributed by atoms with E-state index in [0.717, 1.165) is 12.8 Å². The Hall–Kier alpha value is -1.05. The lowest BCUT2D eigenvalue weighted by molar-refractivity contribution is 0.0894. The molecule has 0 unspecified atom stereocenters. The second kappa shape index (κ2) is 3.13. The molecule has 0 aliphatic heterocycles. The maximum atomic E-state index is 11.6. The fourth-order valence-electron chi connectivity index (χ4n) is 1.81. The molecule has 1 aliphatic carbocycles. The van der Waals surface area contributed by atoms with Crippen LogP contribution in [0.2, 0.25) is 0 Å². The minimum atomic E-state index is 0.192. The topological polar surface area (TPSA) is 30.2 Å². The van der Waals surface area contributed by atoms with Crippen molar-refractivity contribution in [3.05, 3.63) is 24.2 Å². The van der Waals surface area contributed by atoms with Gasteiger partial charge in [0, 0.05) is 5.92 Å². The number of furan rings is 1. The SMILES string of the molecule is O=C(c1ccco1)C1CCCC1. The van der Waals surface area contributed by atoms with E-state index >= 15 is 0 Å². The summed E-state index contributed by atoms with van der Waals surface area (Å²) in [7, 11) is 0. The van der Waals surface area contributed by atoms with Gasteiger partial charge in [0.05, 0.1) is 6.26 Å². The lowest BCUT2D eigenvalue weighted by Crippen LogP contribution is -2.09. The van der Waals surface area contributed by atoms with Crippen molar-refractivity contribution in [2.24, 2.45) is 5.92 Å². The van der Waals surface area contributed by atoms with E-state index < -0.39 is 0 Å². The van der Waals surface area contributed by atoms with Gasteiger partial charge in [-0.15, -0.1) is 0 Å². The number of ketones is 1. The summed E-state index contributed by atoms with van der Waals surface area (Å²) in [4.78, 5) is 11.6. The van der Waals surface area contributed by atoms with Crippen LogP contribution in [-0.4, -0.2) is 5.78 Å². The molecule has 0 amide bonds. The molecule has 0 saturated heterocycles. The van der Waals surface area contributed by atoms with Crippen LogP contribution in [0.5, 0.6) is 0 Å². The van der Waals surface area contributed by atoms with E-state index in [2.05, 4.69) is 0 Å². The molecular formula is C10H12O2. The summed E-state index contributed by atoms with van der Waals surface area (Å²) in [5, 5.41) is 0. The van der Waals surface area contributed by atoms with Crippen LogP contribution in [0, 0.1) is 5.92 Å². The van der Waals surface area contributed by atoms with Crippen molar-refractivity contribution in [3.8, 4) is 0 Å². The Bertz CT molecular complexity index is 255. The summed E-state index contributed by atoms with van der Waals surface area (Å²) in [6.07, 6.45) is 6.02. The van der Waals surface area contributed by atoms with Gasteiger partial charge >= 0.3 is 0 Å². The Morgan fingerprint density at radius 2 is 2.17 bits per heavy atom. The quantitative estimate of drug-likeness (QED) is 0.629. The number of carbonyl (C=O) groups excluding carboxylic acids is 1. The monoisotopic (exact) mass is 164 g/mol. The van der Waals surface area contributed by atoms with Gasteiger partial charge in [-0.25, -0.2) is 0 Å². The molecule has 1 aliphatic rings. The van der Waals surface area contributed by atoms with Crippen molar-refractivity contribution in [2.75, 3.05) is 0 Å². The smallest absolute Gasteiger partial charge is 0.201 e. The van der Waals surface area contributed by atoms with Crippen molar-refractivity contribution >= 4 is 5.78 Å².